The molecule has 4 aromatic rings. The van der Waals surface area contributed by atoms with E-state index in [4.69, 9.17) is 0 Å². The molecule has 108 valence electrons. The molecular formula is C16H11BrN4O. The Morgan fingerprint density at radius 2 is 2.09 bits per heavy atom. The van der Waals surface area contributed by atoms with Crippen LogP contribution in [-0.4, -0.2) is 18.9 Å². The van der Waals surface area contributed by atoms with Crippen molar-refractivity contribution in [2.24, 2.45) is 0 Å². The molecule has 1 aromatic carbocycles. The molecule has 3 aromatic heterocycles. The summed E-state index contributed by atoms with van der Waals surface area (Å²) >= 11 is 3.39. The maximum atomic E-state index is 12.6. The minimum atomic E-state index is -0.0663. The van der Waals surface area contributed by atoms with Crippen molar-refractivity contribution in [1.29, 1.82) is 0 Å². The number of benzene rings is 1. The molecule has 0 fully saturated rings. The van der Waals surface area contributed by atoms with E-state index in [0.717, 1.165) is 15.8 Å². The number of pyridine rings is 1. The molecule has 0 N–H and O–H groups in total. The molecule has 0 bridgehead atoms. The summed E-state index contributed by atoms with van der Waals surface area (Å²) in [5.74, 6) is 0. The highest BCUT2D eigenvalue weighted by atomic mass is 79.9. The highest BCUT2D eigenvalue weighted by Gasteiger charge is 2.07. The van der Waals surface area contributed by atoms with E-state index in [0.29, 0.717) is 17.4 Å². The zero-order chi connectivity index (χ0) is 15.1. The Bertz CT molecular complexity index is 1020. The summed E-state index contributed by atoms with van der Waals surface area (Å²) in [4.78, 5) is 21.4. The Kier molecular flexibility index (Phi) is 3.04. The molecule has 4 rings (SSSR count). The Morgan fingerprint density at radius 1 is 1.18 bits per heavy atom. The molecule has 22 heavy (non-hydrogen) atoms. The van der Waals surface area contributed by atoms with Gasteiger partial charge in [-0.1, -0.05) is 22.0 Å². The second kappa shape index (κ2) is 5.06. The first-order valence-corrected chi connectivity index (χ1v) is 7.57. The van der Waals surface area contributed by atoms with Gasteiger partial charge in [-0.3, -0.25) is 9.36 Å². The lowest BCUT2D eigenvalue weighted by atomic mass is 10.2. The number of nitrogens with zero attached hydrogens (tertiary/aromatic N) is 4. The molecule has 0 saturated carbocycles. The average molecular weight is 355 g/mol. The van der Waals surface area contributed by atoms with Crippen molar-refractivity contribution in [3.63, 3.8) is 0 Å². The molecule has 0 aliphatic carbocycles. The lowest BCUT2D eigenvalue weighted by Gasteiger charge is -2.04. The molecule has 0 radical (unpaired) electrons. The summed E-state index contributed by atoms with van der Waals surface area (Å²) in [5.41, 5.74) is 2.31. The summed E-state index contributed by atoms with van der Waals surface area (Å²) in [6.45, 7) is 0.399. The van der Waals surface area contributed by atoms with E-state index in [1.165, 1.54) is 0 Å². The fraction of sp³-hybridized carbons (Fsp3) is 0.0625. The van der Waals surface area contributed by atoms with E-state index in [1.807, 2.05) is 47.1 Å². The fourth-order valence-electron chi connectivity index (χ4n) is 2.48. The van der Waals surface area contributed by atoms with Crippen LogP contribution in [0.4, 0.5) is 0 Å². The first-order valence-electron chi connectivity index (χ1n) is 6.78. The maximum Gasteiger partial charge on any atom is 0.261 e. The number of hydrogen-bond acceptors (Lipinski definition) is 3. The Hall–Kier alpha value is -2.47. The molecule has 0 saturated heterocycles. The third-order valence-electron chi connectivity index (χ3n) is 3.53. The van der Waals surface area contributed by atoms with Crippen molar-refractivity contribution in [2.45, 2.75) is 6.54 Å². The molecule has 0 aliphatic heterocycles. The van der Waals surface area contributed by atoms with Crippen LogP contribution in [0.2, 0.25) is 0 Å². The summed E-state index contributed by atoms with van der Waals surface area (Å²) < 4.78 is 4.38. The third-order valence-corrected chi connectivity index (χ3v) is 4.03. The Balaban J connectivity index is 1.80. The number of fused-ring (bicyclic) bond motifs is 2. The molecule has 0 amide bonds. The van der Waals surface area contributed by atoms with Gasteiger partial charge in [-0.25, -0.2) is 9.97 Å². The van der Waals surface area contributed by atoms with Gasteiger partial charge in [0.05, 0.1) is 29.5 Å². The van der Waals surface area contributed by atoms with Gasteiger partial charge in [0.15, 0.2) is 0 Å². The van der Waals surface area contributed by atoms with E-state index >= 15 is 0 Å². The topological polar surface area (TPSA) is 52.2 Å². The van der Waals surface area contributed by atoms with Gasteiger partial charge in [0.25, 0.3) is 5.56 Å². The van der Waals surface area contributed by atoms with Gasteiger partial charge in [0.2, 0.25) is 0 Å². The summed E-state index contributed by atoms with van der Waals surface area (Å²) in [6, 6.07) is 11.3. The van der Waals surface area contributed by atoms with Crippen LogP contribution in [0.15, 0.2) is 64.4 Å². The third kappa shape index (κ3) is 2.21. The number of imidazole rings is 1. The van der Waals surface area contributed by atoms with E-state index in [2.05, 4.69) is 25.9 Å². The lowest BCUT2D eigenvalue weighted by molar-refractivity contribution is 0.734. The second-order valence-corrected chi connectivity index (χ2v) is 5.95. The molecule has 0 spiro atoms. The predicted molar refractivity (Wildman–Crippen MR) is 88.0 cm³/mol. The van der Waals surface area contributed by atoms with Gasteiger partial charge in [-0.2, -0.15) is 0 Å². The average Bonchev–Trinajstić information content (AvgIpc) is 2.93. The molecule has 6 heteroatoms. The molecule has 0 atom stereocenters. The normalized spacial score (nSPS) is 11.3. The van der Waals surface area contributed by atoms with Crippen LogP contribution in [0.25, 0.3) is 16.6 Å². The standard InChI is InChI=1S/C16H11BrN4O/c17-11-4-5-14-13(7-11)16(22)21(10-18-14)9-12-8-20-6-2-1-3-15(20)19-12/h1-8,10H,9H2. The number of aromatic nitrogens is 4. The van der Waals surface area contributed by atoms with E-state index in [9.17, 15) is 4.79 Å². The predicted octanol–water partition coefficient (Wildman–Crippen LogP) is 2.86. The van der Waals surface area contributed by atoms with Crippen LogP contribution >= 0.6 is 15.9 Å². The van der Waals surface area contributed by atoms with Crippen LogP contribution in [0, 0.1) is 0 Å². The monoisotopic (exact) mass is 354 g/mol. The van der Waals surface area contributed by atoms with Gasteiger partial charge in [-0.15, -0.1) is 0 Å². The molecular weight excluding hydrogens is 344 g/mol. The first-order chi connectivity index (χ1) is 10.7. The van der Waals surface area contributed by atoms with E-state index < -0.39 is 0 Å². The number of rotatable bonds is 2. The highest BCUT2D eigenvalue weighted by Crippen LogP contribution is 2.15. The van der Waals surface area contributed by atoms with E-state index in [-0.39, 0.29) is 5.56 Å². The fourth-order valence-corrected chi connectivity index (χ4v) is 2.84. The van der Waals surface area contributed by atoms with E-state index in [1.54, 1.807) is 17.0 Å². The van der Waals surface area contributed by atoms with Crippen LogP contribution in [0.3, 0.4) is 0 Å². The van der Waals surface area contributed by atoms with Gasteiger partial charge in [-0.05, 0) is 30.3 Å². The van der Waals surface area contributed by atoms with Crippen LogP contribution < -0.4 is 5.56 Å². The zero-order valence-electron chi connectivity index (χ0n) is 11.5. The van der Waals surface area contributed by atoms with Crippen molar-refractivity contribution in [3.8, 4) is 0 Å². The van der Waals surface area contributed by atoms with Crippen molar-refractivity contribution in [1.82, 2.24) is 18.9 Å². The van der Waals surface area contributed by atoms with Crippen molar-refractivity contribution >= 4 is 32.5 Å². The smallest absolute Gasteiger partial charge is 0.261 e. The first kappa shape index (κ1) is 13.2. The molecule has 3 heterocycles. The zero-order valence-corrected chi connectivity index (χ0v) is 13.1. The van der Waals surface area contributed by atoms with Crippen molar-refractivity contribution in [2.75, 3.05) is 0 Å². The van der Waals surface area contributed by atoms with Gasteiger partial charge < -0.3 is 4.40 Å². The number of hydrogen-bond donors (Lipinski definition) is 0. The second-order valence-electron chi connectivity index (χ2n) is 5.04. The maximum absolute atomic E-state index is 12.6. The summed E-state index contributed by atoms with van der Waals surface area (Å²) in [7, 11) is 0. The minimum absolute atomic E-state index is 0.0663. The minimum Gasteiger partial charge on any atom is -0.307 e. The Labute approximate surface area is 134 Å². The Morgan fingerprint density at radius 3 is 2.95 bits per heavy atom. The highest BCUT2D eigenvalue weighted by molar-refractivity contribution is 9.10. The van der Waals surface area contributed by atoms with Gasteiger partial charge in [0.1, 0.15) is 5.65 Å². The van der Waals surface area contributed by atoms with Crippen LogP contribution in [-0.2, 0) is 6.54 Å². The summed E-state index contributed by atoms with van der Waals surface area (Å²) in [6.07, 6.45) is 5.43. The lowest BCUT2D eigenvalue weighted by Crippen LogP contribution is -2.21. The van der Waals surface area contributed by atoms with Gasteiger partial charge >= 0.3 is 0 Å². The molecule has 5 nitrogen and oxygen atoms in total. The van der Waals surface area contributed by atoms with Crippen LogP contribution in [0.5, 0.6) is 0 Å². The molecule has 0 unspecified atom stereocenters. The summed E-state index contributed by atoms with van der Waals surface area (Å²) in [5, 5.41) is 0.598. The molecule has 0 aliphatic rings. The van der Waals surface area contributed by atoms with Crippen LogP contribution in [0.1, 0.15) is 5.69 Å². The van der Waals surface area contributed by atoms with Gasteiger partial charge in [0, 0.05) is 16.9 Å². The quantitative estimate of drug-likeness (QED) is 0.556. The van der Waals surface area contributed by atoms with Crippen molar-refractivity contribution < 1.29 is 0 Å². The van der Waals surface area contributed by atoms with Crippen molar-refractivity contribution in [3.05, 3.63) is 75.6 Å². The number of halogens is 1. The SMILES string of the molecule is O=c1c2cc(Br)ccc2ncn1Cc1cn2ccccc2n1. The largest absolute Gasteiger partial charge is 0.307 e.